The molecule has 0 aromatic rings. The summed E-state index contributed by atoms with van der Waals surface area (Å²) >= 11 is 0. The van der Waals surface area contributed by atoms with Gasteiger partial charge in [0, 0.05) is 40.5 Å². The molecule has 0 aliphatic rings. The van der Waals surface area contributed by atoms with Crippen molar-refractivity contribution in [2.75, 3.05) is 54.4 Å². The molecule has 9 nitrogen and oxygen atoms in total. The van der Waals surface area contributed by atoms with Crippen LogP contribution in [0, 0.1) is 5.92 Å². The second-order valence-corrected chi connectivity index (χ2v) is 6.99. The van der Waals surface area contributed by atoms with Crippen molar-refractivity contribution in [1.82, 2.24) is 19.6 Å². The predicted molar refractivity (Wildman–Crippen MR) is 112 cm³/mol. The van der Waals surface area contributed by atoms with E-state index in [1.165, 1.54) is 47.8 Å². The van der Waals surface area contributed by atoms with Crippen molar-refractivity contribution in [2.24, 2.45) is 5.92 Å². The first-order valence-corrected chi connectivity index (χ1v) is 9.89. The molecule has 0 fully saturated rings. The minimum absolute atomic E-state index is 0.00592. The van der Waals surface area contributed by atoms with Gasteiger partial charge in [-0.15, -0.1) is 0 Å². The lowest BCUT2D eigenvalue weighted by molar-refractivity contribution is -0.144. The minimum Gasteiger partial charge on any atom is -0.337 e. The summed E-state index contributed by atoms with van der Waals surface area (Å²) in [6.07, 6.45) is 0.340. The van der Waals surface area contributed by atoms with Crippen LogP contribution in [-0.4, -0.2) is 103 Å². The lowest BCUT2D eigenvalue weighted by Gasteiger charge is -2.25. The van der Waals surface area contributed by atoms with Gasteiger partial charge in [0.2, 0.25) is 23.6 Å². The molecule has 0 unspecified atom stereocenters. The Morgan fingerprint density at radius 2 is 0.931 bits per heavy atom. The molecule has 168 valence electrons. The molecular formula is C20H38N4O5. The number of carbonyl (C=O) groups excluding carboxylic acids is 5. The molecule has 4 amide bonds. The van der Waals surface area contributed by atoms with Crippen LogP contribution in [0.5, 0.6) is 0 Å². The van der Waals surface area contributed by atoms with Crippen LogP contribution in [0.25, 0.3) is 0 Å². The SMILES string of the molecule is CC.CCC(=O)CN(C)C(=O)CN(C)C(=O)CN(C)C(=O)CN(C)C(=O)C(C)C. The first-order valence-electron chi connectivity index (χ1n) is 9.89. The highest BCUT2D eigenvalue weighted by molar-refractivity contribution is 5.91. The Balaban J connectivity index is 0. The second kappa shape index (κ2) is 14.5. The van der Waals surface area contributed by atoms with Crippen LogP contribution >= 0.6 is 0 Å². The fraction of sp³-hybridized carbons (Fsp3) is 0.750. The van der Waals surface area contributed by atoms with Crippen molar-refractivity contribution in [3.8, 4) is 0 Å². The molecule has 0 saturated heterocycles. The van der Waals surface area contributed by atoms with Crippen LogP contribution in [0.2, 0.25) is 0 Å². The number of hydrogen-bond donors (Lipinski definition) is 0. The highest BCUT2D eigenvalue weighted by Crippen LogP contribution is 2.00. The maximum absolute atomic E-state index is 12.2. The molecule has 0 spiro atoms. The number of nitrogens with zero attached hydrogens (tertiary/aromatic N) is 4. The molecule has 0 radical (unpaired) electrons. The molecule has 0 aliphatic carbocycles. The summed E-state index contributed by atoms with van der Waals surface area (Å²) in [5.41, 5.74) is 0. The number of likely N-dealkylation sites (N-methyl/N-ethyl adjacent to an activating group) is 4. The number of amides is 4. The summed E-state index contributed by atoms with van der Waals surface area (Å²) in [5.74, 6) is -1.58. The fourth-order valence-corrected chi connectivity index (χ4v) is 2.13. The Bertz CT molecular complexity index is 577. The molecule has 0 rings (SSSR count). The third-order valence-corrected chi connectivity index (χ3v) is 4.07. The topological polar surface area (TPSA) is 98.3 Å². The van der Waals surface area contributed by atoms with Crippen LogP contribution in [0.15, 0.2) is 0 Å². The Morgan fingerprint density at radius 1 is 0.621 bits per heavy atom. The zero-order valence-electron chi connectivity index (χ0n) is 19.4. The van der Waals surface area contributed by atoms with Gasteiger partial charge in [0.15, 0.2) is 5.78 Å². The van der Waals surface area contributed by atoms with Gasteiger partial charge in [0.25, 0.3) is 0 Å². The molecule has 0 aliphatic heterocycles. The summed E-state index contributed by atoms with van der Waals surface area (Å²) in [5, 5.41) is 0. The van der Waals surface area contributed by atoms with Crippen molar-refractivity contribution in [1.29, 1.82) is 0 Å². The van der Waals surface area contributed by atoms with E-state index in [0.717, 1.165) is 0 Å². The summed E-state index contributed by atoms with van der Waals surface area (Å²) in [7, 11) is 5.97. The van der Waals surface area contributed by atoms with Gasteiger partial charge < -0.3 is 19.6 Å². The van der Waals surface area contributed by atoms with Gasteiger partial charge in [-0.2, -0.15) is 0 Å². The van der Waals surface area contributed by atoms with Crippen LogP contribution in [0.4, 0.5) is 0 Å². The van der Waals surface area contributed by atoms with Crippen LogP contribution < -0.4 is 0 Å². The van der Waals surface area contributed by atoms with E-state index < -0.39 is 5.91 Å². The second-order valence-electron chi connectivity index (χ2n) is 6.99. The van der Waals surface area contributed by atoms with E-state index in [9.17, 15) is 24.0 Å². The lowest BCUT2D eigenvalue weighted by atomic mass is 10.2. The van der Waals surface area contributed by atoms with Gasteiger partial charge in [-0.05, 0) is 0 Å². The van der Waals surface area contributed by atoms with E-state index in [2.05, 4.69) is 0 Å². The highest BCUT2D eigenvalue weighted by atomic mass is 16.2. The normalized spacial score (nSPS) is 9.86. The number of carbonyl (C=O) groups is 5. The van der Waals surface area contributed by atoms with Crippen molar-refractivity contribution >= 4 is 29.4 Å². The van der Waals surface area contributed by atoms with E-state index in [0.29, 0.717) is 6.42 Å². The molecular weight excluding hydrogens is 376 g/mol. The number of ketones is 1. The maximum Gasteiger partial charge on any atom is 0.242 e. The molecule has 0 aromatic carbocycles. The van der Waals surface area contributed by atoms with Crippen molar-refractivity contribution in [3.63, 3.8) is 0 Å². The summed E-state index contributed by atoms with van der Waals surface area (Å²) in [4.78, 5) is 64.7. The maximum atomic E-state index is 12.2. The quantitative estimate of drug-likeness (QED) is 0.518. The smallest absolute Gasteiger partial charge is 0.242 e. The van der Waals surface area contributed by atoms with E-state index in [4.69, 9.17) is 0 Å². The van der Waals surface area contributed by atoms with E-state index >= 15 is 0 Å². The first-order chi connectivity index (χ1) is 13.4. The van der Waals surface area contributed by atoms with Crippen LogP contribution in [0.3, 0.4) is 0 Å². The summed E-state index contributed by atoms with van der Waals surface area (Å²) in [6.45, 7) is 8.71. The Kier molecular flexibility index (Phi) is 14.4. The number of Topliss-reactive ketones (excluding diaryl/α,β-unsaturated/α-hetero) is 1. The Labute approximate surface area is 175 Å². The average Bonchev–Trinajstić information content (AvgIpc) is 2.67. The third kappa shape index (κ3) is 11.2. The molecule has 0 bridgehead atoms. The number of rotatable bonds is 10. The van der Waals surface area contributed by atoms with Gasteiger partial charge in [0.1, 0.15) is 0 Å². The molecule has 0 N–H and O–H groups in total. The zero-order chi connectivity index (χ0) is 23.3. The average molecular weight is 415 g/mol. The molecule has 0 heterocycles. The van der Waals surface area contributed by atoms with Crippen LogP contribution in [-0.2, 0) is 24.0 Å². The van der Waals surface area contributed by atoms with Crippen molar-refractivity contribution < 1.29 is 24.0 Å². The van der Waals surface area contributed by atoms with Crippen molar-refractivity contribution in [2.45, 2.75) is 41.0 Å². The van der Waals surface area contributed by atoms with Crippen LogP contribution in [0.1, 0.15) is 41.0 Å². The third-order valence-electron chi connectivity index (χ3n) is 4.07. The van der Waals surface area contributed by atoms with Gasteiger partial charge in [0.05, 0.1) is 26.2 Å². The number of hydrogen-bond acceptors (Lipinski definition) is 5. The molecule has 29 heavy (non-hydrogen) atoms. The van der Waals surface area contributed by atoms with Gasteiger partial charge in [-0.1, -0.05) is 34.6 Å². The van der Waals surface area contributed by atoms with E-state index in [-0.39, 0.29) is 55.6 Å². The fourth-order valence-electron chi connectivity index (χ4n) is 2.13. The molecule has 0 aromatic heterocycles. The Morgan fingerprint density at radius 3 is 1.24 bits per heavy atom. The van der Waals surface area contributed by atoms with Gasteiger partial charge >= 0.3 is 0 Å². The van der Waals surface area contributed by atoms with Gasteiger partial charge in [-0.25, -0.2) is 0 Å². The molecule has 9 heteroatoms. The minimum atomic E-state index is -0.410. The van der Waals surface area contributed by atoms with E-state index in [1.807, 2.05) is 13.8 Å². The lowest BCUT2D eigenvalue weighted by Crippen LogP contribution is -2.47. The summed E-state index contributed by atoms with van der Waals surface area (Å²) < 4.78 is 0. The molecule has 0 atom stereocenters. The summed E-state index contributed by atoms with van der Waals surface area (Å²) in [6, 6.07) is 0. The largest absolute Gasteiger partial charge is 0.337 e. The Hall–Kier alpha value is -2.45. The highest BCUT2D eigenvalue weighted by Gasteiger charge is 2.22. The van der Waals surface area contributed by atoms with E-state index in [1.54, 1.807) is 20.8 Å². The predicted octanol–water partition coefficient (Wildman–Crippen LogP) is 0.481. The monoisotopic (exact) mass is 414 g/mol. The zero-order valence-corrected chi connectivity index (χ0v) is 19.4. The standard InChI is InChI=1S/C18H32N4O5.C2H6/c1-8-14(23)9-19(4)15(24)10-20(5)16(25)11-21(6)17(26)12-22(7)18(27)13(2)3;1-2/h13H,8-12H2,1-7H3;1-2H3. The first kappa shape index (κ1) is 28.8. The molecule has 0 saturated carbocycles. The van der Waals surface area contributed by atoms with Crippen molar-refractivity contribution in [3.05, 3.63) is 0 Å². The van der Waals surface area contributed by atoms with Gasteiger partial charge in [-0.3, -0.25) is 24.0 Å².